The van der Waals surface area contributed by atoms with Crippen LogP contribution in [0.1, 0.15) is 24.8 Å². The van der Waals surface area contributed by atoms with Crippen molar-refractivity contribution in [3.63, 3.8) is 0 Å². The van der Waals surface area contributed by atoms with Crippen LogP contribution in [0.5, 0.6) is 0 Å². The molecular weight excluding hydrogens is 286 g/mol. The molecule has 0 spiro atoms. The number of nitrogens with zero attached hydrogens (tertiary/aromatic N) is 1. The molecular formula is C15H19N3O2S. The third-order valence-corrected chi connectivity index (χ3v) is 4.05. The Hall–Kier alpha value is -1.95. The predicted octanol–water partition coefficient (Wildman–Crippen LogP) is 1.87. The van der Waals surface area contributed by atoms with Crippen LogP contribution in [0.3, 0.4) is 0 Å². The van der Waals surface area contributed by atoms with E-state index < -0.39 is 0 Å². The molecule has 6 heteroatoms. The molecule has 0 radical (unpaired) electrons. The molecule has 21 heavy (non-hydrogen) atoms. The Balaban J connectivity index is 1.65. The Labute approximate surface area is 127 Å². The lowest BCUT2D eigenvalue weighted by atomic mass is 10.3. The van der Waals surface area contributed by atoms with Crippen molar-refractivity contribution in [1.82, 2.24) is 15.6 Å². The van der Waals surface area contributed by atoms with Gasteiger partial charge in [0.1, 0.15) is 0 Å². The van der Waals surface area contributed by atoms with Crippen LogP contribution >= 0.6 is 11.3 Å². The molecule has 0 fully saturated rings. The summed E-state index contributed by atoms with van der Waals surface area (Å²) in [5, 5.41) is 6.55. The van der Waals surface area contributed by atoms with Crippen molar-refractivity contribution in [1.29, 1.82) is 0 Å². The fraction of sp³-hybridized carbons (Fsp3) is 0.400. The summed E-state index contributed by atoms with van der Waals surface area (Å²) in [5.74, 6) is -0.147. The minimum atomic E-state index is -0.112. The summed E-state index contributed by atoms with van der Waals surface area (Å²) in [4.78, 5) is 26.7. The lowest BCUT2D eigenvalue weighted by Crippen LogP contribution is -2.30. The van der Waals surface area contributed by atoms with Crippen LogP contribution in [0.25, 0.3) is 10.2 Å². The molecule has 5 nitrogen and oxygen atoms in total. The minimum absolute atomic E-state index is 0.0342. The zero-order valence-corrected chi connectivity index (χ0v) is 12.8. The molecule has 2 rings (SSSR count). The zero-order valence-electron chi connectivity index (χ0n) is 12.0. The molecule has 0 saturated carbocycles. The first kappa shape index (κ1) is 15.4. The predicted molar refractivity (Wildman–Crippen MR) is 84.3 cm³/mol. The van der Waals surface area contributed by atoms with Crippen molar-refractivity contribution in [2.75, 3.05) is 13.1 Å². The maximum absolute atomic E-state index is 11.5. The fourth-order valence-corrected chi connectivity index (χ4v) is 2.94. The van der Waals surface area contributed by atoms with Crippen LogP contribution < -0.4 is 10.6 Å². The number of aryl methyl sites for hydroxylation is 1. The topological polar surface area (TPSA) is 71.1 Å². The maximum atomic E-state index is 11.5. The lowest BCUT2D eigenvalue weighted by molar-refractivity contribution is -0.121. The van der Waals surface area contributed by atoms with Gasteiger partial charge in [-0.3, -0.25) is 9.59 Å². The smallest absolute Gasteiger partial charge is 0.221 e. The number of nitrogens with one attached hydrogen (secondary N) is 2. The van der Waals surface area contributed by atoms with E-state index >= 15 is 0 Å². The van der Waals surface area contributed by atoms with Crippen molar-refractivity contribution in [3.8, 4) is 0 Å². The molecule has 2 aromatic rings. The number of para-hydroxylation sites is 1. The van der Waals surface area contributed by atoms with E-state index in [4.69, 9.17) is 0 Å². The second-order valence-electron chi connectivity index (χ2n) is 4.76. The molecule has 1 aromatic carbocycles. The van der Waals surface area contributed by atoms with Crippen LogP contribution in [-0.2, 0) is 16.0 Å². The van der Waals surface area contributed by atoms with Gasteiger partial charge in [-0.2, -0.15) is 0 Å². The number of rotatable bonds is 7. The van der Waals surface area contributed by atoms with Crippen molar-refractivity contribution < 1.29 is 9.59 Å². The third-order valence-electron chi connectivity index (χ3n) is 2.95. The van der Waals surface area contributed by atoms with Crippen molar-refractivity contribution >= 4 is 33.4 Å². The number of benzene rings is 1. The fourth-order valence-electron chi connectivity index (χ4n) is 1.93. The second-order valence-corrected chi connectivity index (χ2v) is 5.88. The molecule has 0 bridgehead atoms. The van der Waals surface area contributed by atoms with Crippen LogP contribution in [0.4, 0.5) is 0 Å². The van der Waals surface area contributed by atoms with Gasteiger partial charge in [0.2, 0.25) is 11.8 Å². The quantitative estimate of drug-likeness (QED) is 0.767. The molecule has 1 heterocycles. The van der Waals surface area contributed by atoms with E-state index in [0.717, 1.165) is 23.4 Å². The first-order valence-corrected chi connectivity index (χ1v) is 7.82. The van der Waals surface area contributed by atoms with E-state index in [1.807, 2.05) is 18.2 Å². The molecule has 0 unspecified atom stereocenters. The summed E-state index contributed by atoms with van der Waals surface area (Å²) in [6, 6.07) is 8.08. The van der Waals surface area contributed by atoms with Gasteiger partial charge < -0.3 is 10.6 Å². The van der Waals surface area contributed by atoms with E-state index in [1.165, 1.54) is 11.6 Å². The van der Waals surface area contributed by atoms with Gasteiger partial charge in [-0.15, -0.1) is 11.3 Å². The lowest BCUT2D eigenvalue weighted by Gasteiger charge is -2.04. The molecule has 1 aromatic heterocycles. The van der Waals surface area contributed by atoms with Crippen LogP contribution in [0.15, 0.2) is 24.3 Å². The van der Waals surface area contributed by atoms with Crippen LogP contribution in [0.2, 0.25) is 0 Å². The maximum Gasteiger partial charge on any atom is 0.221 e. The SMILES string of the molecule is CC(=O)NCCC(=O)NCCCc1nc2ccccc2s1. The van der Waals surface area contributed by atoms with Gasteiger partial charge in [-0.1, -0.05) is 12.1 Å². The van der Waals surface area contributed by atoms with E-state index in [-0.39, 0.29) is 11.8 Å². The average Bonchev–Trinajstić information content (AvgIpc) is 2.86. The molecule has 0 saturated heterocycles. The minimum Gasteiger partial charge on any atom is -0.356 e. The molecule has 2 N–H and O–H groups in total. The summed E-state index contributed by atoms with van der Waals surface area (Å²) in [6.07, 6.45) is 2.05. The number of aromatic nitrogens is 1. The van der Waals surface area contributed by atoms with Gasteiger partial charge in [0.25, 0.3) is 0 Å². The first-order chi connectivity index (χ1) is 10.1. The molecule has 2 amide bonds. The summed E-state index contributed by atoms with van der Waals surface area (Å²) < 4.78 is 1.20. The Bertz CT molecular complexity index is 591. The summed E-state index contributed by atoms with van der Waals surface area (Å²) in [7, 11) is 0. The Kier molecular flexibility index (Phi) is 5.68. The third kappa shape index (κ3) is 5.15. The number of hydrogen-bond donors (Lipinski definition) is 2. The number of fused-ring (bicyclic) bond motifs is 1. The number of thiazole rings is 1. The Morgan fingerprint density at radius 2 is 2.00 bits per heavy atom. The zero-order chi connectivity index (χ0) is 15.1. The number of carbonyl (C=O) groups is 2. The normalized spacial score (nSPS) is 10.5. The van der Waals surface area contributed by atoms with Gasteiger partial charge in [-0.25, -0.2) is 4.98 Å². The monoisotopic (exact) mass is 305 g/mol. The van der Waals surface area contributed by atoms with Gasteiger partial charge in [0, 0.05) is 32.9 Å². The van der Waals surface area contributed by atoms with Crippen molar-refractivity contribution in [3.05, 3.63) is 29.3 Å². The van der Waals surface area contributed by atoms with Gasteiger partial charge in [0.15, 0.2) is 0 Å². The van der Waals surface area contributed by atoms with Gasteiger partial charge in [0.05, 0.1) is 15.2 Å². The van der Waals surface area contributed by atoms with Gasteiger partial charge in [-0.05, 0) is 18.6 Å². The van der Waals surface area contributed by atoms with E-state index in [9.17, 15) is 9.59 Å². The molecule has 112 valence electrons. The number of carbonyl (C=O) groups excluding carboxylic acids is 2. The standard InChI is InChI=1S/C15H19N3O2S/c1-11(19)16-10-8-14(20)17-9-4-7-15-18-12-5-2-3-6-13(12)21-15/h2-3,5-6H,4,7-10H2,1H3,(H,16,19)(H,17,20). The van der Waals surface area contributed by atoms with Crippen LogP contribution in [-0.4, -0.2) is 29.9 Å². The second kappa shape index (κ2) is 7.73. The molecule has 0 aliphatic rings. The van der Waals surface area contributed by atoms with Crippen LogP contribution in [0, 0.1) is 0 Å². The summed E-state index contributed by atoms with van der Waals surface area (Å²) in [6.45, 7) is 2.46. The highest BCUT2D eigenvalue weighted by molar-refractivity contribution is 7.18. The summed E-state index contributed by atoms with van der Waals surface area (Å²) in [5.41, 5.74) is 1.04. The van der Waals surface area contributed by atoms with Gasteiger partial charge >= 0.3 is 0 Å². The van der Waals surface area contributed by atoms with E-state index in [1.54, 1.807) is 11.3 Å². The Morgan fingerprint density at radius 1 is 1.19 bits per heavy atom. The van der Waals surface area contributed by atoms with E-state index in [2.05, 4.69) is 21.7 Å². The number of amides is 2. The highest BCUT2D eigenvalue weighted by Crippen LogP contribution is 2.22. The van der Waals surface area contributed by atoms with Crippen molar-refractivity contribution in [2.45, 2.75) is 26.2 Å². The summed E-state index contributed by atoms with van der Waals surface area (Å²) >= 11 is 1.70. The molecule has 0 atom stereocenters. The van der Waals surface area contributed by atoms with E-state index in [0.29, 0.717) is 19.5 Å². The Morgan fingerprint density at radius 3 is 2.76 bits per heavy atom. The largest absolute Gasteiger partial charge is 0.356 e. The van der Waals surface area contributed by atoms with Crippen molar-refractivity contribution in [2.24, 2.45) is 0 Å². The molecule has 0 aliphatic heterocycles. The highest BCUT2D eigenvalue weighted by atomic mass is 32.1. The average molecular weight is 305 g/mol. The number of hydrogen-bond acceptors (Lipinski definition) is 4. The molecule has 0 aliphatic carbocycles. The first-order valence-electron chi connectivity index (χ1n) is 7.01. The highest BCUT2D eigenvalue weighted by Gasteiger charge is 2.04.